The molecule has 0 aliphatic carbocycles. The minimum atomic E-state index is -0.777. The van der Waals surface area contributed by atoms with Gasteiger partial charge in [0.05, 0.1) is 0 Å². The molecular formula is C55H100O6. The van der Waals surface area contributed by atoms with Gasteiger partial charge in [0.2, 0.25) is 0 Å². The van der Waals surface area contributed by atoms with Crippen LogP contribution in [0, 0.1) is 0 Å². The topological polar surface area (TPSA) is 78.9 Å². The molecule has 0 heterocycles. The van der Waals surface area contributed by atoms with Crippen molar-refractivity contribution < 1.29 is 28.6 Å². The Labute approximate surface area is 378 Å². The Morgan fingerprint density at radius 1 is 0.328 bits per heavy atom. The largest absolute Gasteiger partial charge is 0.462 e. The molecule has 0 aliphatic rings. The second-order valence-electron chi connectivity index (χ2n) is 17.8. The summed E-state index contributed by atoms with van der Waals surface area (Å²) in [5.41, 5.74) is 0. The number of allylic oxidation sites excluding steroid dienone is 6. The highest BCUT2D eigenvalue weighted by atomic mass is 16.6. The van der Waals surface area contributed by atoms with E-state index in [9.17, 15) is 14.4 Å². The zero-order valence-electron chi connectivity index (χ0n) is 40.7. The van der Waals surface area contributed by atoms with E-state index in [-0.39, 0.29) is 31.1 Å². The lowest BCUT2D eigenvalue weighted by atomic mass is 10.0. The van der Waals surface area contributed by atoms with Crippen molar-refractivity contribution in [3.05, 3.63) is 36.5 Å². The van der Waals surface area contributed by atoms with Gasteiger partial charge in [-0.2, -0.15) is 0 Å². The number of ether oxygens (including phenoxy) is 3. The average molecular weight is 857 g/mol. The first kappa shape index (κ1) is 58.6. The van der Waals surface area contributed by atoms with Gasteiger partial charge >= 0.3 is 17.9 Å². The van der Waals surface area contributed by atoms with Crippen LogP contribution < -0.4 is 0 Å². The van der Waals surface area contributed by atoms with Crippen molar-refractivity contribution in [2.24, 2.45) is 0 Å². The lowest BCUT2D eigenvalue weighted by molar-refractivity contribution is -0.167. The van der Waals surface area contributed by atoms with Crippen molar-refractivity contribution in [3.8, 4) is 0 Å². The smallest absolute Gasteiger partial charge is 0.306 e. The molecule has 0 saturated heterocycles. The summed E-state index contributed by atoms with van der Waals surface area (Å²) in [7, 11) is 0. The number of carbonyl (C=O) groups excluding carboxylic acids is 3. The summed E-state index contributed by atoms with van der Waals surface area (Å²) in [6, 6.07) is 0. The van der Waals surface area contributed by atoms with Gasteiger partial charge in [-0.15, -0.1) is 0 Å². The van der Waals surface area contributed by atoms with E-state index in [4.69, 9.17) is 14.2 Å². The fraction of sp³-hybridized carbons (Fsp3) is 0.836. The van der Waals surface area contributed by atoms with Crippen LogP contribution in [0.3, 0.4) is 0 Å². The fourth-order valence-corrected chi connectivity index (χ4v) is 7.57. The maximum atomic E-state index is 12.8. The Kier molecular flexibility index (Phi) is 48.3. The highest BCUT2D eigenvalue weighted by Crippen LogP contribution is 2.15. The van der Waals surface area contributed by atoms with Crippen molar-refractivity contribution in [3.63, 3.8) is 0 Å². The van der Waals surface area contributed by atoms with Gasteiger partial charge in [-0.1, -0.05) is 224 Å². The summed E-state index contributed by atoms with van der Waals surface area (Å²) in [6.07, 6.45) is 58.4. The van der Waals surface area contributed by atoms with Gasteiger partial charge in [-0.25, -0.2) is 0 Å². The average Bonchev–Trinajstić information content (AvgIpc) is 3.26. The van der Waals surface area contributed by atoms with Gasteiger partial charge in [0.1, 0.15) is 13.2 Å². The van der Waals surface area contributed by atoms with Crippen LogP contribution in [-0.4, -0.2) is 37.2 Å². The molecule has 0 amide bonds. The van der Waals surface area contributed by atoms with E-state index in [1.807, 2.05) is 0 Å². The summed E-state index contributed by atoms with van der Waals surface area (Å²) >= 11 is 0. The molecular weight excluding hydrogens is 757 g/mol. The van der Waals surface area contributed by atoms with E-state index < -0.39 is 6.10 Å². The second kappa shape index (κ2) is 50.3. The summed E-state index contributed by atoms with van der Waals surface area (Å²) in [6.45, 7) is 6.60. The summed E-state index contributed by atoms with van der Waals surface area (Å²) in [5.74, 6) is -0.884. The maximum absolute atomic E-state index is 12.8. The van der Waals surface area contributed by atoms with Gasteiger partial charge < -0.3 is 14.2 Å². The molecule has 0 aromatic carbocycles. The molecule has 0 aromatic heterocycles. The lowest BCUT2D eigenvalue weighted by Crippen LogP contribution is -2.30. The highest BCUT2D eigenvalue weighted by Gasteiger charge is 2.19. The molecule has 0 aromatic rings. The number of unbranched alkanes of at least 4 members (excludes halogenated alkanes) is 31. The normalized spacial score (nSPS) is 12.2. The van der Waals surface area contributed by atoms with Gasteiger partial charge in [0.15, 0.2) is 6.10 Å². The predicted octanol–water partition coefficient (Wildman–Crippen LogP) is 17.3. The Hall–Kier alpha value is -2.37. The Bertz CT molecular complexity index is 1030. The van der Waals surface area contributed by atoms with E-state index >= 15 is 0 Å². The summed E-state index contributed by atoms with van der Waals surface area (Å²) in [5, 5.41) is 0. The van der Waals surface area contributed by atoms with Crippen LogP contribution in [0.5, 0.6) is 0 Å². The van der Waals surface area contributed by atoms with Crippen LogP contribution in [0.4, 0.5) is 0 Å². The number of hydrogen-bond acceptors (Lipinski definition) is 6. The highest BCUT2D eigenvalue weighted by molar-refractivity contribution is 5.71. The third kappa shape index (κ3) is 48.5. The zero-order chi connectivity index (χ0) is 44.4. The van der Waals surface area contributed by atoms with Crippen LogP contribution in [-0.2, 0) is 28.6 Å². The number of rotatable bonds is 48. The zero-order valence-corrected chi connectivity index (χ0v) is 40.7. The molecule has 0 rings (SSSR count). The van der Waals surface area contributed by atoms with Crippen LogP contribution in [0.1, 0.15) is 278 Å². The molecule has 0 fully saturated rings. The van der Waals surface area contributed by atoms with Gasteiger partial charge in [0, 0.05) is 19.3 Å². The molecule has 356 valence electrons. The van der Waals surface area contributed by atoms with E-state index in [2.05, 4.69) is 57.2 Å². The number of hydrogen-bond donors (Lipinski definition) is 0. The van der Waals surface area contributed by atoms with E-state index in [0.717, 1.165) is 83.5 Å². The van der Waals surface area contributed by atoms with Gasteiger partial charge in [0.25, 0.3) is 0 Å². The fourth-order valence-electron chi connectivity index (χ4n) is 7.57. The maximum Gasteiger partial charge on any atom is 0.306 e. The Morgan fingerprint density at radius 3 is 0.967 bits per heavy atom. The van der Waals surface area contributed by atoms with Crippen molar-refractivity contribution >= 4 is 17.9 Å². The van der Waals surface area contributed by atoms with Crippen molar-refractivity contribution in [2.45, 2.75) is 284 Å². The molecule has 0 radical (unpaired) electrons. The predicted molar refractivity (Wildman–Crippen MR) is 261 cm³/mol. The Morgan fingerprint density at radius 2 is 0.607 bits per heavy atom. The standard InChI is InChI=1S/C55H100O6/c1-4-7-10-13-16-19-22-25-27-28-29-31-33-36-39-42-45-48-54(57)60-51-52(50-59-53(56)47-44-41-38-35-32-24-21-18-15-12-9-6-3)61-55(58)49-46-43-40-37-34-30-26-23-20-17-14-11-8-5-2/h14,17,23,25-27,52H,4-13,15-16,18-22,24,28-51H2,1-3H3/b17-14-,26-23-,27-25-/t52-/m1/s1. The first-order valence-corrected chi connectivity index (χ1v) is 26.5. The molecule has 61 heavy (non-hydrogen) atoms. The molecule has 6 nitrogen and oxygen atoms in total. The van der Waals surface area contributed by atoms with E-state index in [1.54, 1.807) is 0 Å². The lowest BCUT2D eigenvalue weighted by Gasteiger charge is -2.18. The molecule has 6 heteroatoms. The minimum Gasteiger partial charge on any atom is -0.462 e. The van der Waals surface area contributed by atoms with Crippen LogP contribution >= 0.6 is 0 Å². The first-order chi connectivity index (χ1) is 30.0. The molecule has 0 unspecified atom stereocenters. The SMILES string of the molecule is CCCC/C=C\C/C=C\CCCCCCCC(=O)O[C@@H](COC(=O)CCCCCCCCC/C=C\CCCCCCCC)COC(=O)CCCCCCCCCCCCCC. The molecule has 0 aliphatic heterocycles. The van der Waals surface area contributed by atoms with Crippen molar-refractivity contribution in [1.82, 2.24) is 0 Å². The summed E-state index contributed by atoms with van der Waals surface area (Å²) < 4.78 is 16.8. The number of esters is 3. The van der Waals surface area contributed by atoms with Crippen LogP contribution in [0.15, 0.2) is 36.5 Å². The van der Waals surface area contributed by atoms with Crippen LogP contribution in [0.2, 0.25) is 0 Å². The minimum absolute atomic E-state index is 0.0763. The quantitative estimate of drug-likeness (QED) is 0.0262. The van der Waals surface area contributed by atoms with Crippen LogP contribution in [0.25, 0.3) is 0 Å². The third-order valence-electron chi connectivity index (χ3n) is 11.6. The van der Waals surface area contributed by atoms with Gasteiger partial charge in [-0.05, 0) is 70.6 Å². The van der Waals surface area contributed by atoms with Crippen molar-refractivity contribution in [2.75, 3.05) is 13.2 Å². The molecule has 0 saturated carbocycles. The molecule has 0 bridgehead atoms. The monoisotopic (exact) mass is 857 g/mol. The summed E-state index contributed by atoms with van der Waals surface area (Å²) in [4.78, 5) is 38.0. The van der Waals surface area contributed by atoms with E-state index in [0.29, 0.717) is 19.3 Å². The number of carbonyl (C=O) groups is 3. The third-order valence-corrected chi connectivity index (χ3v) is 11.6. The van der Waals surface area contributed by atoms with E-state index in [1.165, 1.54) is 154 Å². The van der Waals surface area contributed by atoms with Crippen molar-refractivity contribution in [1.29, 1.82) is 0 Å². The molecule has 0 spiro atoms. The van der Waals surface area contributed by atoms with Gasteiger partial charge in [-0.3, -0.25) is 14.4 Å². The molecule has 0 N–H and O–H groups in total. The second-order valence-corrected chi connectivity index (χ2v) is 17.8. The first-order valence-electron chi connectivity index (χ1n) is 26.5. The Balaban J connectivity index is 4.36. The molecule has 1 atom stereocenters.